The summed E-state index contributed by atoms with van der Waals surface area (Å²) >= 11 is 0. The second-order valence-corrected chi connectivity index (χ2v) is 7.50. The summed E-state index contributed by atoms with van der Waals surface area (Å²) in [5.41, 5.74) is -0.271. The molecule has 1 aliphatic heterocycles. The van der Waals surface area contributed by atoms with Crippen LogP contribution in [0.1, 0.15) is 24.2 Å². The van der Waals surface area contributed by atoms with Gasteiger partial charge in [0.05, 0.1) is 12.6 Å². The van der Waals surface area contributed by atoms with E-state index in [1.807, 2.05) is 36.4 Å². The van der Waals surface area contributed by atoms with Crippen molar-refractivity contribution < 1.29 is 28.2 Å². The number of hydrogen-bond donors (Lipinski definition) is 2. The van der Waals surface area contributed by atoms with Crippen LogP contribution in [0, 0.1) is 0 Å². The average Bonchev–Trinajstić information content (AvgIpc) is 2.97. The number of amides is 3. The van der Waals surface area contributed by atoms with Crippen LogP contribution in [0.2, 0.25) is 0 Å². The smallest absolute Gasteiger partial charge is 0.387 e. The van der Waals surface area contributed by atoms with E-state index in [2.05, 4.69) is 10.1 Å². The molecule has 1 aliphatic rings. The standard InChI is InChI=1S/C23H20F2N2O4/c1-23(17-9-6-14-4-2-3-5-16(14)12-17)20(29)27(22(30)26-23)13-19(28)15-7-10-18(11-8-15)31-21(24)25/h2-12,19,21,28H,13H2,1H3,(H,26,30). The van der Waals surface area contributed by atoms with Crippen molar-refractivity contribution in [2.45, 2.75) is 25.2 Å². The van der Waals surface area contributed by atoms with Crippen molar-refractivity contribution in [3.8, 4) is 5.75 Å². The van der Waals surface area contributed by atoms with Crippen LogP contribution in [0.4, 0.5) is 13.6 Å². The third-order valence-electron chi connectivity index (χ3n) is 5.45. The highest BCUT2D eigenvalue weighted by molar-refractivity contribution is 6.07. The van der Waals surface area contributed by atoms with Gasteiger partial charge < -0.3 is 15.2 Å². The molecule has 3 amide bonds. The van der Waals surface area contributed by atoms with Gasteiger partial charge in [0.2, 0.25) is 0 Å². The van der Waals surface area contributed by atoms with Gasteiger partial charge >= 0.3 is 12.6 Å². The number of alkyl halides is 2. The zero-order valence-electron chi connectivity index (χ0n) is 16.6. The van der Waals surface area contributed by atoms with Crippen LogP contribution in [0.15, 0.2) is 66.7 Å². The molecule has 0 spiro atoms. The molecule has 0 aliphatic carbocycles. The lowest BCUT2D eigenvalue weighted by Gasteiger charge is -2.23. The third kappa shape index (κ3) is 3.94. The summed E-state index contributed by atoms with van der Waals surface area (Å²) in [5.74, 6) is -0.533. The Morgan fingerprint density at radius 2 is 1.71 bits per heavy atom. The zero-order chi connectivity index (χ0) is 22.2. The first-order valence-corrected chi connectivity index (χ1v) is 9.64. The summed E-state index contributed by atoms with van der Waals surface area (Å²) in [5, 5.41) is 15.2. The van der Waals surface area contributed by atoms with E-state index >= 15 is 0 Å². The maximum Gasteiger partial charge on any atom is 0.387 e. The van der Waals surface area contributed by atoms with Crippen LogP contribution < -0.4 is 10.1 Å². The number of rotatable bonds is 6. The number of hydrogen-bond acceptors (Lipinski definition) is 4. The van der Waals surface area contributed by atoms with Gasteiger partial charge in [-0.1, -0.05) is 48.5 Å². The second kappa shape index (κ2) is 7.96. The lowest BCUT2D eigenvalue weighted by molar-refractivity contribution is -0.132. The SMILES string of the molecule is CC1(c2ccc3ccccc3c2)NC(=O)N(CC(O)c2ccc(OC(F)F)cc2)C1=O. The van der Waals surface area contributed by atoms with E-state index in [-0.39, 0.29) is 12.3 Å². The van der Waals surface area contributed by atoms with E-state index in [1.54, 1.807) is 13.0 Å². The molecule has 1 saturated heterocycles. The Bertz CT molecular complexity index is 1140. The van der Waals surface area contributed by atoms with E-state index in [4.69, 9.17) is 0 Å². The number of urea groups is 1. The van der Waals surface area contributed by atoms with Crippen molar-refractivity contribution in [3.63, 3.8) is 0 Å². The molecule has 2 atom stereocenters. The van der Waals surface area contributed by atoms with Gasteiger partial charge in [0.1, 0.15) is 11.3 Å². The maximum absolute atomic E-state index is 13.1. The quantitative estimate of drug-likeness (QED) is 0.586. The number of ether oxygens (including phenoxy) is 1. The van der Waals surface area contributed by atoms with E-state index in [0.717, 1.165) is 15.7 Å². The van der Waals surface area contributed by atoms with Crippen molar-refractivity contribution in [3.05, 3.63) is 77.9 Å². The van der Waals surface area contributed by atoms with Crippen molar-refractivity contribution in [1.29, 1.82) is 0 Å². The Balaban J connectivity index is 1.53. The summed E-state index contributed by atoms with van der Waals surface area (Å²) in [7, 11) is 0. The van der Waals surface area contributed by atoms with Gasteiger partial charge in [0.15, 0.2) is 0 Å². The molecule has 1 fully saturated rings. The molecular formula is C23H20F2N2O4. The molecule has 6 nitrogen and oxygen atoms in total. The predicted molar refractivity (Wildman–Crippen MR) is 110 cm³/mol. The Morgan fingerprint density at radius 3 is 2.39 bits per heavy atom. The van der Waals surface area contributed by atoms with Crippen LogP contribution in [0.3, 0.4) is 0 Å². The van der Waals surface area contributed by atoms with Crippen LogP contribution >= 0.6 is 0 Å². The molecule has 0 radical (unpaired) electrons. The van der Waals surface area contributed by atoms with E-state index < -0.39 is 30.2 Å². The number of imide groups is 1. The molecule has 0 aromatic heterocycles. The van der Waals surface area contributed by atoms with Gasteiger partial charge in [0, 0.05) is 0 Å². The number of halogens is 2. The number of nitrogens with zero attached hydrogens (tertiary/aromatic N) is 1. The largest absolute Gasteiger partial charge is 0.435 e. The highest BCUT2D eigenvalue weighted by atomic mass is 19.3. The van der Waals surface area contributed by atoms with Gasteiger partial charge in [-0.3, -0.25) is 9.69 Å². The Kier molecular flexibility index (Phi) is 5.32. The van der Waals surface area contributed by atoms with Crippen LogP contribution in [0.5, 0.6) is 5.75 Å². The Morgan fingerprint density at radius 1 is 1.03 bits per heavy atom. The first-order valence-electron chi connectivity index (χ1n) is 9.64. The summed E-state index contributed by atoms with van der Waals surface area (Å²) in [4.78, 5) is 26.7. The molecule has 3 aromatic rings. The number of fused-ring (bicyclic) bond motifs is 1. The van der Waals surface area contributed by atoms with Crippen molar-refractivity contribution in [1.82, 2.24) is 10.2 Å². The monoisotopic (exact) mass is 426 g/mol. The minimum absolute atomic E-state index is 0.0511. The maximum atomic E-state index is 13.1. The van der Waals surface area contributed by atoms with Crippen LogP contribution in [-0.2, 0) is 10.3 Å². The van der Waals surface area contributed by atoms with Gasteiger partial charge in [-0.15, -0.1) is 0 Å². The number of benzene rings is 3. The second-order valence-electron chi connectivity index (χ2n) is 7.50. The average molecular weight is 426 g/mol. The normalized spacial score (nSPS) is 19.7. The number of aliphatic hydroxyl groups excluding tert-OH is 1. The molecule has 0 saturated carbocycles. The van der Waals surface area contributed by atoms with E-state index in [1.165, 1.54) is 24.3 Å². The summed E-state index contributed by atoms with van der Waals surface area (Å²) in [6, 6.07) is 18.0. The van der Waals surface area contributed by atoms with E-state index in [9.17, 15) is 23.5 Å². The van der Waals surface area contributed by atoms with Crippen molar-refractivity contribution in [2.75, 3.05) is 6.54 Å². The fourth-order valence-electron chi connectivity index (χ4n) is 3.71. The summed E-state index contributed by atoms with van der Waals surface area (Å²) < 4.78 is 28.8. The molecule has 8 heteroatoms. The lowest BCUT2D eigenvalue weighted by Crippen LogP contribution is -2.41. The van der Waals surface area contributed by atoms with Gasteiger partial charge in [-0.05, 0) is 47.0 Å². The highest BCUT2D eigenvalue weighted by Gasteiger charge is 2.49. The molecule has 2 unspecified atom stereocenters. The van der Waals surface area contributed by atoms with Gasteiger partial charge in [-0.25, -0.2) is 4.79 Å². The number of β-amino-alcohol motifs (C(OH)–C–C–N with tert-alkyl or cyclic N) is 1. The first-order chi connectivity index (χ1) is 14.8. The molecule has 160 valence electrons. The number of carbonyl (C=O) groups excluding carboxylic acids is 2. The fourth-order valence-corrected chi connectivity index (χ4v) is 3.71. The zero-order valence-corrected chi connectivity index (χ0v) is 16.6. The third-order valence-corrected chi connectivity index (χ3v) is 5.45. The van der Waals surface area contributed by atoms with Crippen LogP contribution in [-0.4, -0.2) is 35.1 Å². The molecule has 4 rings (SSSR count). The molecule has 0 bridgehead atoms. The van der Waals surface area contributed by atoms with Gasteiger partial charge in [-0.2, -0.15) is 8.78 Å². The molecule has 31 heavy (non-hydrogen) atoms. The van der Waals surface area contributed by atoms with Crippen LogP contribution in [0.25, 0.3) is 10.8 Å². The molecule has 3 aromatic carbocycles. The first kappa shape index (κ1) is 20.7. The minimum Gasteiger partial charge on any atom is -0.435 e. The fraction of sp³-hybridized carbons (Fsp3) is 0.217. The minimum atomic E-state index is -2.95. The van der Waals surface area contributed by atoms with E-state index in [0.29, 0.717) is 11.1 Å². The predicted octanol–water partition coefficient (Wildman–Crippen LogP) is 3.94. The number of carbonyl (C=O) groups is 2. The molecule has 2 N–H and O–H groups in total. The highest BCUT2D eigenvalue weighted by Crippen LogP contribution is 2.32. The Labute approximate surface area is 177 Å². The number of aliphatic hydroxyl groups is 1. The van der Waals surface area contributed by atoms with Crippen molar-refractivity contribution in [2.24, 2.45) is 0 Å². The molecule has 1 heterocycles. The number of nitrogens with one attached hydrogen (secondary N) is 1. The molecular weight excluding hydrogens is 406 g/mol. The summed E-state index contributed by atoms with van der Waals surface area (Å²) in [6.45, 7) is -1.60. The topological polar surface area (TPSA) is 78.9 Å². The lowest BCUT2D eigenvalue weighted by atomic mass is 9.90. The van der Waals surface area contributed by atoms with Gasteiger partial charge in [0.25, 0.3) is 5.91 Å². The van der Waals surface area contributed by atoms with Crippen molar-refractivity contribution >= 4 is 22.7 Å². The summed E-state index contributed by atoms with van der Waals surface area (Å²) in [6.07, 6.45) is -1.19. The Hall–Kier alpha value is -3.52.